The van der Waals surface area contributed by atoms with Crippen molar-refractivity contribution in [2.75, 3.05) is 0 Å². The van der Waals surface area contributed by atoms with Crippen LogP contribution >= 0.6 is 0 Å². The van der Waals surface area contributed by atoms with Crippen LogP contribution in [0.4, 0.5) is 0 Å². The Morgan fingerprint density at radius 1 is 1.06 bits per heavy atom. The highest BCUT2D eigenvalue weighted by molar-refractivity contribution is 5.56. The quantitative estimate of drug-likeness (QED) is 0.494. The van der Waals surface area contributed by atoms with Gasteiger partial charge in [0.25, 0.3) is 0 Å². The Kier molecular flexibility index (Phi) is 3.56. The maximum Gasteiger partial charge on any atom is 0.0243 e. The fourth-order valence-electron chi connectivity index (χ4n) is 3.08. The molecule has 0 N–H and O–H groups in total. The van der Waals surface area contributed by atoms with Crippen LogP contribution in [0.5, 0.6) is 0 Å². The van der Waals surface area contributed by atoms with Crippen LogP contribution in [-0.4, -0.2) is 0 Å². The van der Waals surface area contributed by atoms with Gasteiger partial charge in [-0.2, -0.15) is 0 Å². The number of rotatable bonds is 2. The maximum atomic E-state index is 2.32. The fraction of sp³-hybridized carbons (Fsp3) is 0.333. The third-order valence-corrected chi connectivity index (χ3v) is 3.94. The number of allylic oxidation sites excluding steroid dienone is 6. The first-order chi connectivity index (χ1) is 8.62. The van der Waals surface area contributed by atoms with Crippen LogP contribution in [0.25, 0.3) is 0 Å². The molecule has 0 spiro atoms. The van der Waals surface area contributed by atoms with E-state index in [1.807, 2.05) is 6.92 Å². The molecule has 1 aromatic rings. The van der Waals surface area contributed by atoms with Crippen LogP contribution in [0.2, 0.25) is 0 Å². The van der Waals surface area contributed by atoms with Crippen molar-refractivity contribution in [1.82, 2.24) is 0 Å². The van der Waals surface area contributed by atoms with Crippen LogP contribution in [0.3, 0.4) is 0 Å². The Morgan fingerprint density at radius 3 is 2.44 bits per heavy atom. The first kappa shape index (κ1) is 12.9. The summed E-state index contributed by atoms with van der Waals surface area (Å²) in [5.41, 5.74) is 4.57. The maximum absolute atomic E-state index is 2.32. The minimum Gasteiger partial charge on any atom is -0.0877 e. The van der Waals surface area contributed by atoms with Gasteiger partial charge >= 0.3 is 0 Å². The normalized spacial score (nSPS) is 24.2. The summed E-state index contributed by atoms with van der Waals surface area (Å²) in [6.45, 7) is 8.85. The molecule has 1 aromatic carbocycles. The number of hydrogen-bond acceptors (Lipinski definition) is 0. The van der Waals surface area contributed by atoms with Crippen molar-refractivity contribution in [2.45, 2.75) is 39.0 Å². The molecular formula is C18H22. The Labute approximate surface area is 111 Å². The van der Waals surface area contributed by atoms with Gasteiger partial charge in [0.2, 0.25) is 0 Å². The summed E-state index contributed by atoms with van der Waals surface area (Å²) >= 11 is 0. The minimum absolute atomic E-state index is 0.149. The molecule has 0 aliphatic heterocycles. The smallest absolute Gasteiger partial charge is 0.0243 e. The molecule has 0 saturated heterocycles. The third kappa shape index (κ3) is 1.96. The van der Waals surface area contributed by atoms with Gasteiger partial charge in [0.1, 0.15) is 0 Å². The highest BCUT2D eigenvalue weighted by atomic mass is 14.4. The Morgan fingerprint density at radius 2 is 1.78 bits per heavy atom. The first-order valence-electron chi connectivity index (χ1n) is 6.68. The van der Waals surface area contributed by atoms with Crippen molar-refractivity contribution >= 4 is 0 Å². The summed E-state index contributed by atoms with van der Waals surface area (Å²) < 4.78 is 0. The standard InChI is InChI=1S/C18H22/c1-5-7-8-11-14-15-12-9-10-13-17(15)18(3,4)16(14)6-2/h5-14H,1-4H3/b7-5+,11-8?,16-6+. The monoisotopic (exact) mass is 238 g/mol. The zero-order chi connectivity index (χ0) is 13.2. The molecule has 0 bridgehead atoms. The molecule has 1 atom stereocenters. The summed E-state index contributed by atoms with van der Waals surface area (Å²) in [5.74, 6) is 0.428. The highest BCUT2D eigenvalue weighted by Crippen LogP contribution is 2.50. The van der Waals surface area contributed by atoms with E-state index in [1.165, 1.54) is 16.7 Å². The zero-order valence-electron chi connectivity index (χ0n) is 11.8. The van der Waals surface area contributed by atoms with Gasteiger partial charge in [-0.05, 0) is 25.0 Å². The van der Waals surface area contributed by atoms with Crippen LogP contribution < -0.4 is 0 Å². The van der Waals surface area contributed by atoms with E-state index in [0.717, 1.165) is 0 Å². The summed E-state index contributed by atoms with van der Waals surface area (Å²) in [6.07, 6.45) is 10.9. The molecule has 0 nitrogen and oxygen atoms in total. The van der Waals surface area contributed by atoms with Gasteiger partial charge in [-0.1, -0.05) is 74.1 Å². The van der Waals surface area contributed by atoms with E-state index in [2.05, 4.69) is 75.4 Å². The molecule has 0 saturated carbocycles. The van der Waals surface area contributed by atoms with Crippen molar-refractivity contribution in [1.29, 1.82) is 0 Å². The van der Waals surface area contributed by atoms with E-state index in [9.17, 15) is 0 Å². The van der Waals surface area contributed by atoms with Crippen LogP contribution in [0.1, 0.15) is 44.7 Å². The van der Waals surface area contributed by atoms with Gasteiger partial charge in [-0.25, -0.2) is 0 Å². The predicted molar refractivity (Wildman–Crippen MR) is 79.9 cm³/mol. The van der Waals surface area contributed by atoms with Crippen molar-refractivity contribution in [3.05, 3.63) is 71.3 Å². The summed E-state index contributed by atoms with van der Waals surface area (Å²) in [7, 11) is 0. The first-order valence-corrected chi connectivity index (χ1v) is 6.68. The van der Waals surface area contributed by atoms with Gasteiger partial charge in [0.15, 0.2) is 0 Å². The fourth-order valence-corrected chi connectivity index (χ4v) is 3.08. The average molecular weight is 238 g/mol. The van der Waals surface area contributed by atoms with Crippen LogP contribution in [0, 0.1) is 0 Å². The minimum atomic E-state index is 0.149. The Bertz CT molecular complexity index is 513. The summed E-state index contributed by atoms with van der Waals surface area (Å²) in [5, 5.41) is 0. The predicted octanol–water partition coefficient (Wildman–Crippen LogP) is 5.14. The molecule has 1 unspecified atom stereocenters. The lowest BCUT2D eigenvalue weighted by Crippen LogP contribution is -2.15. The molecule has 0 radical (unpaired) electrons. The van der Waals surface area contributed by atoms with E-state index < -0.39 is 0 Å². The lowest BCUT2D eigenvalue weighted by molar-refractivity contribution is 0.633. The van der Waals surface area contributed by atoms with E-state index in [4.69, 9.17) is 0 Å². The van der Waals surface area contributed by atoms with Crippen molar-refractivity contribution in [3.63, 3.8) is 0 Å². The number of fused-ring (bicyclic) bond motifs is 1. The lowest BCUT2D eigenvalue weighted by atomic mass is 9.81. The van der Waals surface area contributed by atoms with Crippen LogP contribution in [-0.2, 0) is 5.41 Å². The molecule has 2 rings (SSSR count). The van der Waals surface area contributed by atoms with E-state index in [0.29, 0.717) is 5.92 Å². The Hall–Kier alpha value is -1.56. The van der Waals surface area contributed by atoms with E-state index in [-0.39, 0.29) is 5.41 Å². The largest absolute Gasteiger partial charge is 0.0877 e. The molecular weight excluding hydrogens is 216 g/mol. The van der Waals surface area contributed by atoms with Crippen molar-refractivity contribution in [3.8, 4) is 0 Å². The second-order valence-corrected chi connectivity index (χ2v) is 5.34. The summed E-state index contributed by atoms with van der Waals surface area (Å²) in [6, 6.07) is 8.82. The third-order valence-electron chi connectivity index (χ3n) is 3.94. The van der Waals surface area contributed by atoms with Crippen LogP contribution in [0.15, 0.2) is 60.2 Å². The molecule has 0 heterocycles. The molecule has 18 heavy (non-hydrogen) atoms. The molecule has 1 aliphatic carbocycles. The number of benzene rings is 1. The SMILES string of the molecule is C/C=C/C=CC1/C(=C\C)C(C)(C)c2ccccc21. The van der Waals surface area contributed by atoms with Gasteiger partial charge in [-0.15, -0.1) is 0 Å². The van der Waals surface area contributed by atoms with Gasteiger partial charge in [0, 0.05) is 11.3 Å². The van der Waals surface area contributed by atoms with Gasteiger partial charge in [0.05, 0.1) is 0 Å². The second kappa shape index (κ2) is 4.97. The van der Waals surface area contributed by atoms with Crippen molar-refractivity contribution in [2.24, 2.45) is 0 Å². The van der Waals surface area contributed by atoms with E-state index >= 15 is 0 Å². The van der Waals surface area contributed by atoms with Gasteiger partial charge in [-0.3, -0.25) is 0 Å². The molecule has 94 valence electrons. The Balaban J connectivity index is 2.53. The zero-order valence-corrected chi connectivity index (χ0v) is 11.8. The highest BCUT2D eigenvalue weighted by Gasteiger charge is 2.39. The topological polar surface area (TPSA) is 0 Å². The number of hydrogen-bond donors (Lipinski definition) is 0. The van der Waals surface area contributed by atoms with Gasteiger partial charge < -0.3 is 0 Å². The molecule has 0 amide bonds. The van der Waals surface area contributed by atoms with E-state index in [1.54, 1.807) is 0 Å². The average Bonchev–Trinajstić information content (AvgIpc) is 2.58. The lowest BCUT2D eigenvalue weighted by Gasteiger charge is -2.23. The summed E-state index contributed by atoms with van der Waals surface area (Å²) in [4.78, 5) is 0. The molecule has 0 fully saturated rings. The van der Waals surface area contributed by atoms with Crippen molar-refractivity contribution < 1.29 is 0 Å². The molecule has 0 aromatic heterocycles. The second-order valence-electron chi connectivity index (χ2n) is 5.34. The molecule has 0 heteroatoms. The molecule has 1 aliphatic rings.